The van der Waals surface area contributed by atoms with Crippen molar-refractivity contribution in [2.75, 3.05) is 5.32 Å². The monoisotopic (exact) mass is 362 g/mol. The van der Waals surface area contributed by atoms with E-state index in [1.165, 1.54) is 53.4 Å². The molecule has 3 aromatic rings. The molecule has 0 atom stereocenters. The van der Waals surface area contributed by atoms with Gasteiger partial charge in [-0.3, -0.25) is 0 Å². The van der Waals surface area contributed by atoms with Gasteiger partial charge in [0.1, 0.15) is 0 Å². The van der Waals surface area contributed by atoms with E-state index in [1.807, 2.05) is 0 Å². The molecule has 0 spiro atoms. The first-order valence-corrected chi connectivity index (χ1v) is 10.1. The van der Waals surface area contributed by atoms with Gasteiger partial charge in [0.25, 0.3) is 0 Å². The number of hydrogen-bond donors (Lipinski definition) is 2. The summed E-state index contributed by atoms with van der Waals surface area (Å²) >= 11 is 0. The molecule has 0 bridgehead atoms. The zero-order valence-electron chi connectivity index (χ0n) is 16.6. The normalized spacial score (nSPS) is 15.5. The van der Waals surface area contributed by atoms with E-state index in [2.05, 4.69) is 79.6 Å². The summed E-state index contributed by atoms with van der Waals surface area (Å²) in [6, 6.07) is 17.9. The fourth-order valence-corrected chi connectivity index (χ4v) is 3.87. The number of aromatic amines is 1. The Morgan fingerprint density at radius 1 is 1.04 bits per heavy atom. The van der Waals surface area contributed by atoms with Crippen LogP contribution in [0.15, 0.2) is 48.5 Å². The molecule has 1 aliphatic rings. The number of fused-ring (bicyclic) bond motifs is 1. The second-order valence-electron chi connectivity index (χ2n) is 8.68. The van der Waals surface area contributed by atoms with Crippen LogP contribution in [0, 0.1) is 0 Å². The van der Waals surface area contributed by atoms with Crippen molar-refractivity contribution < 1.29 is 4.74 Å². The first-order valence-electron chi connectivity index (χ1n) is 10.1. The Labute approximate surface area is 162 Å². The molecule has 1 heterocycles. The molecule has 0 saturated heterocycles. The van der Waals surface area contributed by atoms with Crippen molar-refractivity contribution in [3.05, 3.63) is 54.1 Å². The highest BCUT2D eigenvalue weighted by atomic mass is 16.5. The van der Waals surface area contributed by atoms with Gasteiger partial charge in [-0.15, -0.1) is 0 Å². The smallest absolute Gasteiger partial charge is 0.0725 e. The van der Waals surface area contributed by atoms with Crippen LogP contribution >= 0.6 is 0 Å². The van der Waals surface area contributed by atoms with E-state index >= 15 is 0 Å². The van der Waals surface area contributed by atoms with E-state index in [4.69, 9.17) is 4.74 Å². The summed E-state index contributed by atoms with van der Waals surface area (Å²) < 4.78 is 6.04. The van der Waals surface area contributed by atoms with Crippen LogP contribution in [-0.4, -0.2) is 16.6 Å². The Kier molecular flexibility index (Phi) is 4.96. The van der Waals surface area contributed by atoms with E-state index in [9.17, 15) is 0 Å². The molecule has 0 aliphatic heterocycles. The minimum atomic E-state index is -0.138. The summed E-state index contributed by atoms with van der Waals surface area (Å²) in [7, 11) is 0. The lowest BCUT2D eigenvalue weighted by atomic mass is 10.1. The topological polar surface area (TPSA) is 37.0 Å². The molecule has 3 nitrogen and oxygen atoms in total. The maximum absolute atomic E-state index is 6.04. The lowest BCUT2D eigenvalue weighted by Crippen LogP contribution is -2.19. The number of H-pyrrole nitrogens is 1. The van der Waals surface area contributed by atoms with Crippen LogP contribution in [0.25, 0.3) is 22.2 Å². The van der Waals surface area contributed by atoms with Crippen molar-refractivity contribution in [2.24, 2.45) is 0 Å². The first kappa shape index (κ1) is 18.1. The molecule has 27 heavy (non-hydrogen) atoms. The summed E-state index contributed by atoms with van der Waals surface area (Å²) in [6.45, 7) is 6.94. The lowest BCUT2D eigenvalue weighted by Gasteiger charge is -2.21. The highest BCUT2D eigenvalue weighted by Crippen LogP contribution is 2.33. The van der Waals surface area contributed by atoms with Gasteiger partial charge >= 0.3 is 0 Å². The SMILES string of the molecule is CC(C)(C)OCc1cc(NC2CCCC2)c2[nH]c(-c3ccccc3)cc2c1. The van der Waals surface area contributed by atoms with Gasteiger partial charge in [0.15, 0.2) is 0 Å². The molecule has 4 rings (SSSR count). The van der Waals surface area contributed by atoms with Gasteiger partial charge in [0, 0.05) is 17.1 Å². The van der Waals surface area contributed by atoms with Crippen LogP contribution < -0.4 is 5.32 Å². The third-order valence-corrected chi connectivity index (χ3v) is 5.26. The summed E-state index contributed by atoms with van der Waals surface area (Å²) in [5.74, 6) is 0. The predicted octanol–water partition coefficient (Wildman–Crippen LogP) is 6.50. The Morgan fingerprint density at radius 3 is 2.48 bits per heavy atom. The minimum Gasteiger partial charge on any atom is -0.381 e. The molecule has 2 aromatic carbocycles. The fourth-order valence-electron chi connectivity index (χ4n) is 3.87. The number of nitrogens with one attached hydrogen (secondary N) is 2. The van der Waals surface area contributed by atoms with E-state index in [0.717, 1.165) is 5.69 Å². The second-order valence-corrected chi connectivity index (χ2v) is 8.68. The van der Waals surface area contributed by atoms with Crippen molar-refractivity contribution in [2.45, 2.75) is 64.7 Å². The lowest BCUT2D eigenvalue weighted by molar-refractivity contribution is -0.0149. The molecular weight excluding hydrogens is 332 g/mol. The van der Waals surface area contributed by atoms with Gasteiger partial charge in [0.05, 0.1) is 23.4 Å². The summed E-state index contributed by atoms with van der Waals surface area (Å²) in [5, 5.41) is 5.04. The maximum atomic E-state index is 6.04. The van der Waals surface area contributed by atoms with Crippen LogP contribution in [0.3, 0.4) is 0 Å². The molecule has 2 N–H and O–H groups in total. The highest BCUT2D eigenvalue weighted by molar-refractivity contribution is 5.95. The maximum Gasteiger partial charge on any atom is 0.0725 e. The van der Waals surface area contributed by atoms with Gasteiger partial charge in [-0.1, -0.05) is 43.2 Å². The number of ether oxygens (including phenoxy) is 1. The first-order chi connectivity index (χ1) is 13.0. The number of hydrogen-bond acceptors (Lipinski definition) is 2. The van der Waals surface area contributed by atoms with Gasteiger partial charge in [-0.25, -0.2) is 0 Å². The van der Waals surface area contributed by atoms with Crippen molar-refractivity contribution in [3.8, 4) is 11.3 Å². The van der Waals surface area contributed by atoms with Crippen molar-refractivity contribution in [1.82, 2.24) is 4.98 Å². The van der Waals surface area contributed by atoms with E-state index < -0.39 is 0 Å². The van der Waals surface area contributed by atoms with Crippen molar-refractivity contribution >= 4 is 16.6 Å². The molecule has 1 fully saturated rings. The molecular formula is C24H30N2O. The second kappa shape index (κ2) is 7.40. The quantitative estimate of drug-likeness (QED) is 0.543. The third-order valence-electron chi connectivity index (χ3n) is 5.26. The zero-order valence-corrected chi connectivity index (χ0v) is 16.6. The van der Waals surface area contributed by atoms with Crippen LogP contribution in [0.2, 0.25) is 0 Å². The third kappa shape index (κ3) is 4.36. The van der Waals surface area contributed by atoms with E-state index in [0.29, 0.717) is 12.6 Å². The average Bonchev–Trinajstić information content (AvgIpc) is 3.30. The largest absolute Gasteiger partial charge is 0.381 e. The van der Waals surface area contributed by atoms with Crippen LogP contribution in [0.4, 0.5) is 5.69 Å². The molecule has 1 aromatic heterocycles. The van der Waals surface area contributed by atoms with E-state index in [1.54, 1.807) is 0 Å². The molecule has 1 saturated carbocycles. The molecule has 142 valence electrons. The number of aromatic nitrogens is 1. The summed E-state index contributed by atoms with van der Waals surface area (Å²) in [5.41, 5.74) is 5.86. The molecule has 0 amide bonds. The average molecular weight is 363 g/mol. The van der Waals surface area contributed by atoms with Gasteiger partial charge in [-0.2, -0.15) is 0 Å². The molecule has 0 radical (unpaired) electrons. The van der Waals surface area contributed by atoms with Crippen molar-refractivity contribution in [3.63, 3.8) is 0 Å². The number of benzene rings is 2. The van der Waals surface area contributed by atoms with Crippen molar-refractivity contribution in [1.29, 1.82) is 0 Å². The Balaban J connectivity index is 1.72. The van der Waals surface area contributed by atoms with E-state index in [-0.39, 0.29) is 5.60 Å². The minimum absolute atomic E-state index is 0.138. The Hall–Kier alpha value is -2.26. The summed E-state index contributed by atoms with van der Waals surface area (Å²) in [4.78, 5) is 3.65. The van der Waals surface area contributed by atoms with Gasteiger partial charge in [0.2, 0.25) is 0 Å². The fraction of sp³-hybridized carbons (Fsp3) is 0.417. The Bertz CT molecular complexity index is 899. The standard InChI is InChI=1S/C24H30N2O/c1-24(2,3)27-16-17-13-19-15-21(18-9-5-4-6-10-18)26-23(19)22(14-17)25-20-11-7-8-12-20/h4-6,9-10,13-15,20,25-26H,7-8,11-12,16H2,1-3H3. The van der Waals surface area contributed by atoms with Gasteiger partial charge in [-0.05, 0) is 62.9 Å². The Morgan fingerprint density at radius 2 is 1.78 bits per heavy atom. The van der Waals surface area contributed by atoms with Crippen LogP contribution in [-0.2, 0) is 11.3 Å². The molecule has 0 unspecified atom stereocenters. The van der Waals surface area contributed by atoms with Crippen LogP contribution in [0.1, 0.15) is 52.0 Å². The summed E-state index contributed by atoms with van der Waals surface area (Å²) in [6.07, 6.45) is 5.17. The van der Waals surface area contributed by atoms with Crippen LogP contribution in [0.5, 0.6) is 0 Å². The number of anilines is 1. The van der Waals surface area contributed by atoms with Gasteiger partial charge < -0.3 is 15.0 Å². The number of rotatable bonds is 5. The zero-order chi connectivity index (χ0) is 18.9. The highest BCUT2D eigenvalue weighted by Gasteiger charge is 2.18. The molecule has 1 aliphatic carbocycles. The predicted molar refractivity (Wildman–Crippen MR) is 114 cm³/mol. The molecule has 3 heteroatoms.